The Morgan fingerprint density at radius 3 is 2.65 bits per heavy atom. The van der Waals surface area contributed by atoms with Crippen molar-refractivity contribution in [2.24, 2.45) is 0 Å². The van der Waals surface area contributed by atoms with Crippen molar-refractivity contribution in [1.82, 2.24) is 9.97 Å². The monoisotopic (exact) mass is 295 g/mol. The number of nitrogens with two attached hydrogens (primary N) is 1. The maximum absolute atomic E-state index is 5.54. The van der Waals surface area contributed by atoms with Crippen molar-refractivity contribution in [3.8, 4) is 17.5 Å². The van der Waals surface area contributed by atoms with Gasteiger partial charge in [-0.05, 0) is 18.2 Å². The molecule has 0 fully saturated rings. The van der Waals surface area contributed by atoms with Crippen molar-refractivity contribution in [2.45, 2.75) is 0 Å². The first-order valence-electron chi connectivity index (χ1n) is 4.79. The van der Waals surface area contributed by atoms with Crippen LogP contribution in [0.15, 0.2) is 34.8 Å². The Morgan fingerprint density at radius 2 is 1.94 bits per heavy atom. The first kappa shape index (κ1) is 11.7. The summed E-state index contributed by atoms with van der Waals surface area (Å²) in [6.45, 7) is 0. The molecule has 0 aliphatic rings. The molecule has 0 saturated heterocycles. The summed E-state index contributed by atoms with van der Waals surface area (Å²) < 4.78 is 11.4. The topological polar surface area (TPSA) is 70.3 Å². The highest BCUT2D eigenvalue weighted by molar-refractivity contribution is 9.10. The van der Waals surface area contributed by atoms with Gasteiger partial charge in [-0.1, -0.05) is 22.0 Å². The molecule has 1 heterocycles. The highest BCUT2D eigenvalue weighted by atomic mass is 79.9. The summed E-state index contributed by atoms with van der Waals surface area (Å²) in [5.74, 6) is 1.46. The minimum Gasteiger partial charge on any atom is -0.481 e. The third-order valence-corrected chi connectivity index (χ3v) is 2.42. The average molecular weight is 296 g/mol. The van der Waals surface area contributed by atoms with E-state index >= 15 is 0 Å². The van der Waals surface area contributed by atoms with Crippen LogP contribution in [0.1, 0.15) is 0 Å². The third kappa shape index (κ3) is 3.07. The van der Waals surface area contributed by atoms with Crippen LogP contribution in [0.5, 0.6) is 17.5 Å². The molecule has 2 rings (SSSR count). The molecule has 0 aliphatic carbocycles. The second-order valence-electron chi connectivity index (χ2n) is 3.17. The fourth-order valence-electron chi connectivity index (χ4n) is 1.23. The van der Waals surface area contributed by atoms with Crippen LogP contribution in [0.4, 0.5) is 5.95 Å². The van der Waals surface area contributed by atoms with E-state index in [1.165, 1.54) is 7.11 Å². The number of nitrogen functional groups attached to an aromatic ring is 1. The predicted molar refractivity (Wildman–Crippen MR) is 67.2 cm³/mol. The lowest BCUT2D eigenvalue weighted by molar-refractivity contribution is 0.389. The molecule has 0 amide bonds. The maximum atomic E-state index is 5.54. The van der Waals surface area contributed by atoms with E-state index in [2.05, 4.69) is 25.9 Å². The predicted octanol–water partition coefficient (Wildman–Crippen LogP) is 2.62. The quantitative estimate of drug-likeness (QED) is 0.942. The summed E-state index contributed by atoms with van der Waals surface area (Å²) >= 11 is 3.36. The molecule has 1 aromatic carbocycles. The molecule has 0 atom stereocenters. The molecular weight excluding hydrogens is 286 g/mol. The van der Waals surface area contributed by atoms with Crippen LogP contribution in [0.25, 0.3) is 0 Å². The van der Waals surface area contributed by atoms with Gasteiger partial charge in [-0.3, -0.25) is 0 Å². The zero-order valence-corrected chi connectivity index (χ0v) is 10.6. The van der Waals surface area contributed by atoms with E-state index in [-0.39, 0.29) is 5.95 Å². The molecular formula is C11H10BrN3O2. The van der Waals surface area contributed by atoms with Crippen LogP contribution < -0.4 is 15.2 Å². The van der Waals surface area contributed by atoms with Crippen LogP contribution in [-0.4, -0.2) is 17.1 Å². The van der Waals surface area contributed by atoms with Crippen LogP contribution in [0.2, 0.25) is 0 Å². The van der Waals surface area contributed by atoms with Crippen molar-refractivity contribution >= 4 is 21.9 Å². The third-order valence-electron chi connectivity index (χ3n) is 1.92. The van der Waals surface area contributed by atoms with E-state index < -0.39 is 0 Å². The number of rotatable bonds is 3. The summed E-state index contributed by atoms with van der Waals surface area (Å²) in [4.78, 5) is 7.82. The standard InChI is InChI=1S/C11H10BrN3O2/c1-16-9-6-10(15-11(13)14-9)17-8-4-2-3-7(12)5-8/h2-6H,1H3,(H2,13,14,15). The van der Waals surface area contributed by atoms with Gasteiger partial charge in [0.15, 0.2) is 0 Å². The van der Waals surface area contributed by atoms with E-state index in [1.807, 2.05) is 24.3 Å². The summed E-state index contributed by atoms with van der Waals surface area (Å²) in [5, 5.41) is 0. The first-order chi connectivity index (χ1) is 8.17. The lowest BCUT2D eigenvalue weighted by Gasteiger charge is -2.06. The maximum Gasteiger partial charge on any atom is 0.227 e. The Kier molecular flexibility index (Phi) is 3.43. The second-order valence-corrected chi connectivity index (χ2v) is 4.08. The van der Waals surface area contributed by atoms with Gasteiger partial charge in [0, 0.05) is 4.47 Å². The highest BCUT2D eigenvalue weighted by Crippen LogP contribution is 2.25. The smallest absolute Gasteiger partial charge is 0.227 e. The summed E-state index contributed by atoms with van der Waals surface area (Å²) in [5.41, 5.74) is 5.53. The Labute approximate surface area is 107 Å². The fraction of sp³-hybridized carbons (Fsp3) is 0.0909. The normalized spacial score (nSPS) is 10.0. The molecule has 0 unspecified atom stereocenters. The highest BCUT2D eigenvalue weighted by Gasteiger charge is 2.05. The zero-order chi connectivity index (χ0) is 12.3. The van der Waals surface area contributed by atoms with Crippen LogP contribution in [0.3, 0.4) is 0 Å². The van der Waals surface area contributed by atoms with E-state index in [0.717, 1.165) is 4.47 Å². The van der Waals surface area contributed by atoms with Gasteiger partial charge in [0.25, 0.3) is 0 Å². The van der Waals surface area contributed by atoms with Crippen LogP contribution in [-0.2, 0) is 0 Å². The van der Waals surface area contributed by atoms with Gasteiger partial charge < -0.3 is 15.2 Å². The Hall–Kier alpha value is -1.82. The lowest BCUT2D eigenvalue weighted by Crippen LogP contribution is -1.99. The van der Waals surface area contributed by atoms with Crippen LogP contribution >= 0.6 is 15.9 Å². The number of hydrogen-bond donors (Lipinski definition) is 1. The number of aromatic nitrogens is 2. The Morgan fingerprint density at radius 1 is 1.18 bits per heavy atom. The zero-order valence-electron chi connectivity index (χ0n) is 9.05. The molecule has 2 aromatic rings. The van der Waals surface area contributed by atoms with Crippen molar-refractivity contribution < 1.29 is 9.47 Å². The molecule has 1 aromatic heterocycles. The SMILES string of the molecule is COc1cc(Oc2cccc(Br)c2)nc(N)n1. The number of ether oxygens (including phenoxy) is 2. The van der Waals surface area contributed by atoms with Gasteiger partial charge in [0.2, 0.25) is 17.7 Å². The van der Waals surface area contributed by atoms with Crippen LogP contribution in [0, 0.1) is 0 Å². The number of hydrogen-bond acceptors (Lipinski definition) is 5. The molecule has 88 valence electrons. The van der Waals surface area contributed by atoms with Crippen molar-refractivity contribution in [3.05, 3.63) is 34.8 Å². The Balaban J connectivity index is 2.26. The Bertz CT molecular complexity index is 534. The van der Waals surface area contributed by atoms with Gasteiger partial charge in [-0.2, -0.15) is 9.97 Å². The van der Waals surface area contributed by atoms with Gasteiger partial charge in [0.1, 0.15) is 5.75 Å². The molecule has 5 nitrogen and oxygen atoms in total. The number of halogens is 1. The minimum absolute atomic E-state index is 0.106. The van der Waals surface area contributed by atoms with Crippen molar-refractivity contribution in [3.63, 3.8) is 0 Å². The van der Waals surface area contributed by atoms with Crippen molar-refractivity contribution in [1.29, 1.82) is 0 Å². The first-order valence-corrected chi connectivity index (χ1v) is 5.58. The van der Waals surface area contributed by atoms with Gasteiger partial charge in [-0.15, -0.1) is 0 Å². The molecule has 0 bridgehead atoms. The molecule has 0 radical (unpaired) electrons. The van der Waals surface area contributed by atoms with Gasteiger partial charge in [-0.25, -0.2) is 0 Å². The number of benzene rings is 1. The van der Waals surface area contributed by atoms with E-state index in [9.17, 15) is 0 Å². The molecule has 2 N–H and O–H groups in total. The molecule has 0 aliphatic heterocycles. The van der Waals surface area contributed by atoms with Gasteiger partial charge in [0.05, 0.1) is 13.2 Å². The molecule has 0 saturated carbocycles. The summed E-state index contributed by atoms with van der Waals surface area (Å²) in [6.07, 6.45) is 0. The number of nitrogens with zero attached hydrogens (tertiary/aromatic N) is 2. The fourth-order valence-corrected chi connectivity index (χ4v) is 1.61. The van der Waals surface area contributed by atoms with Gasteiger partial charge >= 0.3 is 0 Å². The lowest BCUT2D eigenvalue weighted by atomic mass is 10.3. The summed E-state index contributed by atoms with van der Waals surface area (Å²) in [6, 6.07) is 8.97. The molecule has 6 heteroatoms. The average Bonchev–Trinajstić information content (AvgIpc) is 2.28. The van der Waals surface area contributed by atoms with E-state index in [1.54, 1.807) is 6.07 Å². The van der Waals surface area contributed by atoms with E-state index in [0.29, 0.717) is 17.5 Å². The number of anilines is 1. The largest absolute Gasteiger partial charge is 0.481 e. The second kappa shape index (κ2) is 5.01. The summed E-state index contributed by atoms with van der Waals surface area (Å²) in [7, 11) is 1.50. The number of methoxy groups -OCH3 is 1. The minimum atomic E-state index is 0.106. The van der Waals surface area contributed by atoms with Crippen molar-refractivity contribution in [2.75, 3.05) is 12.8 Å². The van der Waals surface area contributed by atoms with E-state index in [4.69, 9.17) is 15.2 Å². The molecule has 0 spiro atoms. The molecule has 17 heavy (non-hydrogen) atoms.